The Morgan fingerprint density at radius 3 is 2.50 bits per heavy atom. The van der Waals surface area contributed by atoms with Gasteiger partial charge in [0.05, 0.1) is 11.6 Å². The normalized spacial score (nSPS) is 14.3. The third-order valence-electron chi connectivity index (χ3n) is 4.90. The summed E-state index contributed by atoms with van der Waals surface area (Å²) in [4.78, 5) is 38.1. The molecule has 2 N–H and O–H groups in total. The van der Waals surface area contributed by atoms with E-state index in [9.17, 15) is 18.8 Å². The fourth-order valence-corrected chi connectivity index (χ4v) is 3.49. The third kappa shape index (κ3) is 5.60. The molecule has 7 nitrogen and oxygen atoms in total. The Kier molecular flexibility index (Phi) is 6.89. The van der Waals surface area contributed by atoms with Crippen molar-refractivity contribution in [1.82, 2.24) is 10.2 Å². The largest absolute Gasteiger partial charge is 0.482 e. The van der Waals surface area contributed by atoms with Crippen molar-refractivity contribution in [2.75, 3.05) is 11.9 Å². The van der Waals surface area contributed by atoms with Gasteiger partial charge in [-0.3, -0.25) is 14.5 Å². The Hall–Kier alpha value is -4.17. The molecule has 1 saturated heterocycles. The first kappa shape index (κ1) is 23.0. The van der Waals surface area contributed by atoms with Gasteiger partial charge in [-0.1, -0.05) is 48.0 Å². The number of anilines is 1. The maximum absolute atomic E-state index is 12.9. The molecule has 0 atom stereocenters. The molecule has 3 aromatic carbocycles. The van der Waals surface area contributed by atoms with Crippen LogP contribution in [-0.2, 0) is 16.1 Å². The number of urea groups is 1. The molecule has 4 amide bonds. The van der Waals surface area contributed by atoms with E-state index < -0.39 is 23.7 Å². The van der Waals surface area contributed by atoms with Gasteiger partial charge in [0.1, 0.15) is 17.3 Å². The van der Waals surface area contributed by atoms with Gasteiger partial charge in [-0.25, -0.2) is 9.18 Å². The molecule has 0 aromatic heterocycles. The third-order valence-corrected chi connectivity index (χ3v) is 5.19. The van der Waals surface area contributed by atoms with Gasteiger partial charge in [-0.05, 0) is 53.6 Å². The van der Waals surface area contributed by atoms with Crippen molar-refractivity contribution >= 4 is 41.2 Å². The maximum Gasteiger partial charge on any atom is 0.329 e. The number of carbonyl (C=O) groups excluding carboxylic acids is 3. The molecule has 1 aliphatic rings. The van der Waals surface area contributed by atoms with Gasteiger partial charge in [-0.15, -0.1) is 0 Å². The number of benzene rings is 3. The molecule has 3 aromatic rings. The summed E-state index contributed by atoms with van der Waals surface area (Å²) in [7, 11) is 0. The highest BCUT2D eigenvalue weighted by molar-refractivity contribution is 6.32. The minimum absolute atomic E-state index is 0.129. The summed E-state index contributed by atoms with van der Waals surface area (Å²) in [5, 5.41) is 5.38. The molecule has 4 rings (SSSR count). The van der Waals surface area contributed by atoms with Gasteiger partial charge < -0.3 is 15.4 Å². The average molecular weight is 480 g/mol. The fourth-order valence-electron chi connectivity index (χ4n) is 3.25. The van der Waals surface area contributed by atoms with Crippen molar-refractivity contribution in [3.63, 3.8) is 0 Å². The zero-order valence-corrected chi connectivity index (χ0v) is 18.5. The predicted octanol–water partition coefficient (Wildman–Crippen LogP) is 4.59. The summed E-state index contributed by atoms with van der Waals surface area (Å²) in [6.45, 7) is -0.142. The second-order valence-corrected chi connectivity index (χ2v) is 7.81. The molecule has 34 heavy (non-hydrogen) atoms. The standard InChI is InChI=1S/C25H19ClFN3O4/c26-20-12-17(6-11-22(20)34-15-23(31)28-19-9-7-18(27)8-10-19)13-21-24(32)30(25(33)29-21)14-16-4-2-1-3-5-16/h1-13H,14-15H2,(H,28,31)(H,29,33)/b21-13+. The molecule has 0 saturated carbocycles. The summed E-state index contributed by atoms with van der Waals surface area (Å²) < 4.78 is 18.4. The predicted molar refractivity (Wildman–Crippen MR) is 125 cm³/mol. The van der Waals surface area contributed by atoms with Gasteiger partial charge in [0.15, 0.2) is 6.61 Å². The number of rotatable bonds is 7. The number of halogens is 2. The Balaban J connectivity index is 1.37. The fraction of sp³-hybridized carbons (Fsp3) is 0.0800. The van der Waals surface area contributed by atoms with Crippen LogP contribution in [0.15, 0.2) is 78.5 Å². The van der Waals surface area contributed by atoms with E-state index in [2.05, 4.69) is 10.6 Å². The Labute approximate surface area is 199 Å². The lowest BCUT2D eigenvalue weighted by atomic mass is 10.1. The number of imide groups is 1. The van der Waals surface area contributed by atoms with E-state index in [-0.39, 0.29) is 29.6 Å². The van der Waals surface area contributed by atoms with Gasteiger partial charge in [0, 0.05) is 5.69 Å². The quantitative estimate of drug-likeness (QED) is 0.383. The van der Waals surface area contributed by atoms with Crippen LogP contribution in [0.2, 0.25) is 5.02 Å². The molecule has 0 unspecified atom stereocenters. The van der Waals surface area contributed by atoms with E-state index in [1.54, 1.807) is 18.2 Å². The van der Waals surface area contributed by atoms with Gasteiger partial charge in [0.2, 0.25) is 0 Å². The van der Waals surface area contributed by atoms with Crippen molar-refractivity contribution in [2.45, 2.75) is 6.54 Å². The van der Waals surface area contributed by atoms with E-state index in [0.717, 1.165) is 10.5 Å². The first-order valence-corrected chi connectivity index (χ1v) is 10.6. The van der Waals surface area contributed by atoms with E-state index in [4.69, 9.17) is 16.3 Å². The summed E-state index contributed by atoms with van der Waals surface area (Å²) in [6, 6.07) is 18.8. The lowest BCUT2D eigenvalue weighted by Crippen LogP contribution is -2.30. The number of hydrogen-bond acceptors (Lipinski definition) is 4. The lowest BCUT2D eigenvalue weighted by Gasteiger charge is -2.11. The zero-order valence-electron chi connectivity index (χ0n) is 17.8. The average Bonchev–Trinajstić information content (AvgIpc) is 3.08. The van der Waals surface area contributed by atoms with Crippen LogP contribution in [0.25, 0.3) is 6.08 Å². The van der Waals surface area contributed by atoms with Crippen LogP contribution in [0.4, 0.5) is 14.9 Å². The number of amides is 4. The van der Waals surface area contributed by atoms with Gasteiger partial charge >= 0.3 is 6.03 Å². The van der Waals surface area contributed by atoms with Crippen LogP contribution in [0.5, 0.6) is 5.75 Å². The first-order chi connectivity index (χ1) is 16.4. The van der Waals surface area contributed by atoms with Crippen LogP contribution in [-0.4, -0.2) is 29.4 Å². The van der Waals surface area contributed by atoms with E-state index in [1.807, 2.05) is 30.3 Å². The number of carbonyl (C=O) groups is 3. The Morgan fingerprint density at radius 2 is 1.79 bits per heavy atom. The Morgan fingerprint density at radius 1 is 1.06 bits per heavy atom. The molecule has 1 aliphatic heterocycles. The molecule has 0 bridgehead atoms. The molecule has 0 radical (unpaired) electrons. The van der Waals surface area contributed by atoms with E-state index >= 15 is 0 Å². The summed E-state index contributed by atoms with van der Waals surface area (Å²) in [5.74, 6) is -1.01. The van der Waals surface area contributed by atoms with E-state index in [0.29, 0.717) is 11.3 Å². The maximum atomic E-state index is 12.9. The summed E-state index contributed by atoms with van der Waals surface area (Å²) in [5.41, 5.74) is 1.97. The molecule has 0 aliphatic carbocycles. The SMILES string of the molecule is O=C(COc1ccc(/C=C2/NC(=O)N(Cc3ccccc3)C2=O)cc1Cl)Nc1ccc(F)cc1. The van der Waals surface area contributed by atoms with Crippen molar-refractivity contribution < 1.29 is 23.5 Å². The zero-order chi connectivity index (χ0) is 24.1. The van der Waals surface area contributed by atoms with Crippen LogP contribution in [0.3, 0.4) is 0 Å². The highest BCUT2D eigenvalue weighted by Gasteiger charge is 2.33. The number of hydrogen-bond donors (Lipinski definition) is 2. The molecule has 1 fully saturated rings. The molecule has 0 spiro atoms. The van der Waals surface area contributed by atoms with Gasteiger partial charge in [-0.2, -0.15) is 0 Å². The summed E-state index contributed by atoms with van der Waals surface area (Å²) >= 11 is 6.27. The molecule has 1 heterocycles. The molecule has 9 heteroatoms. The van der Waals surface area contributed by atoms with Crippen molar-refractivity contribution in [2.24, 2.45) is 0 Å². The van der Waals surface area contributed by atoms with Crippen molar-refractivity contribution in [1.29, 1.82) is 0 Å². The summed E-state index contributed by atoms with van der Waals surface area (Å²) in [6.07, 6.45) is 1.52. The van der Waals surface area contributed by atoms with Crippen molar-refractivity contribution in [3.8, 4) is 5.75 Å². The van der Waals surface area contributed by atoms with Crippen LogP contribution in [0.1, 0.15) is 11.1 Å². The highest BCUT2D eigenvalue weighted by Crippen LogP contribution is 2.27. The van der Waals surface area contributed by atoms with Crippen molar-refractivity contribution in [3.05, 3.63) is 100 Å². The number of ether oxygens (including phenoxy) is 1. The van der Waals surface area contributed by atoms with Crippen LogP contribution in [0, 0.1) is 5.82 Å². The minimum atomic E-state index is -0.502. The Bertz CT molecular complexity index is 1260. The lowest BCUT2D eigenvalue weighted by molar-refractivity contribution is -0.123. The first-order valence-electron chi connectivity index (χ1n) is 10.3. The van der Waals surface area contributed by atoms with Crippen LogP contribution >= 0.6 is 11.6 Å². The second kappa shape index (κ2) is 10.2. The minimum Gasteiger partial charge on any atom is -0.482 e. The van der Waals surface area contributed by atoms with E-state index in [1.165, 1.54) is 30.3 Å². The smallest absolute Gasteiger partial charge is 0.329 e. The second-order valence-electron chi connectivity index (χ2n) is 7.40. The monoisotopic (exact) mass is 479 g/mol. The topological polar surface area (TPSA) is 87.7 Å². The number of nitrogens with zero attached hydrogens (tertiary/aromatic N) is 1. The molecular formula is C25H19ClFN3O4. The van der Waals surface area contributed by atoms with Gasteiger partial charge in [0.25, 0.3) is 11.8 Å². The highest BCUT2D eigenvalue weighted by atomic mass is 35.5. The van der Waals surface area contributed by atoms with Crippen LogP contribution < -0.4 is 15.4 Å². The molecular weight excluding hydrogens is 461 g/mol. The number of nitrogens with one attached hydrogen (secondary N) is 2. The molecule has 172 valence electrons.